The molecule has 16 heavy (non-hydrogen) atoms. The summed E-state index contributed by atoms with van der Waals surface area (Å²) in [6.07, 6.45) is 6.39. The lowest BCUT2D eigenvalue weighted by Gasteiger charge is -2.30. The zero-order valence-electron chi connectivity index (χ0n) is 10.6. The van der Waals surface area contributed by atoms with E-state index < -0.39 is 10.0 Å². The zero-order chi connectivity index (χ0) is 12.2. The van der Waals surface area contributed by atoms with Crippen LogP contribution in [0.2, 0.25) is 0 Å². The van der Waals surface area contributed by atoms with Crippen LogP contribution in [0.3, 0.4) is 0 Å². The Hall–Kier alpha value is -0.130. The molecule has 5 heteroatoms. The van der Waals surface area contributed by atoms with E-state index in [1.165, 1.54) is 36.2 Å². The maximum atomic E-state index is 11.2. The largest absolute Gasteiger partial charge is 0.312 e. The van der Waals surface area contributed by atoms with E-state index in [4.69, 9.17) is 0 Å². The number of nitrogens with zero attached hydrogens (tertiary/aromatic N) is 1. The van der Waals surface area contributed by atoms with Crippen molar-refractivity contribution in [1.29, 1.82) is 0 Å². The van der Waals surface area contributed by atoms with Gasteiger partial charge in [-0.1, -0.05) is 19.8 Å². The van der Waals surface area contributed by atoms with Crippen molar-refractivity contribution in [2.75, 3.05) is 26.4 Å². The van der Waals surface area contributed by atoms with Gasteiger partial charge in [0, 0.05) is 26.2 Å². The zero-order valence-corrected chi connectivity index (χ0v) is 11.4. The average Bonchev–Trinajstić information content (AvgIpc) is 2.19. The third-order valence-corrected chi connectivity index (χ3v) is 4.83. The van der Waals surface area contributed by atoms with Crippen LogP contribution in [0.4, 0.5) is 0 Å². The summed E-state index contributed by atoms with van der Waals surface area (Å²) < 4.78 is 23.7. The lowest BCUT2D eigenvalue weighted by atomic mass is 9.86. The Morgan fingerprint density at radius 2 is 1.94 bits per heavy atom. The van der Waals surface area contributed by atoms with Gasteiger partial charge in [-0.15, -0.1) is 0 Å². The molecular weight excluding hydrogens is 224 g/mol. The van der Waals surface area contributed by atoms with Gasteiger partial charge in [-0.2, -0.15) is 0 Å². The molecule has 1 aliphatic carbocycles. The first-order valence-corrected chi connectivity index (χ1v) is 7.91. The first kappa shape index (κ1) is 13.9. The number of nitrogens with one attached hydrogen (secondary N) is 1. The van der Waals surface area contributed by atoms with Gasteiger partial charge in [0.2, 0.25) is 10.0 Å². The number of hydrogen-bond acceptors (Lipinski definition) is 3. The Morgan fingerprint density at radius 3 is 2.50 bits per heavy atom. The summed E-state index contributed by atoms with van der Waals surface area (Å²) in [5.74, 6) is 0.720. The van der Waals surface area contributed by atoms with Crippen LogP contribution in [-0.4, -0.2) is 45.2 Å². The average molecular weight is 248 g/mol. The van der Waals surface area contributed by atoms with E-state index in [2.05, 4.69) is 12.2 Å². The van der Waals surface area contributed by atoms with Crippen LogP contribution < -0.4 is 5.32 Å². The molecule has 96 valence electrons. The Bertz CT molecular complexity index is 303. The van der Waals surface area contributed by atoms with E-state index in [1.807, 2.05) is 0 Å². The lowest BCUT2D eigenvalue weighted by molar-refractivity contribution is 0.276. The minimum Gasteiger partial charge on any atom is -0.312 e. The minimum absolute atomic E-state index is 0.558. The van der Waals surface area contributed by atoms with Crippen molar-refractivity contribution in [3.63, 3.8) is 0 Å². The highest BCUT2D eigenvalue weighted by Gasteiger charge is 2.20. The van der Waals surface area contributed by atoms with Crippen LogP contribution in [0.1, 0.15) is 32.6 Å². The van der Waals surface area contributed by atoms with Crippen molar-refractivity contribution in [2.45, 2.75) is 38.6 Å². The smallest absolute Gasteiger partial charge is 0.210 e. The first-order chi connectivity index (χ1) is 7.41. The molecule has 0 spiro atoms. The Balaban J connectivity index is 2.24. The van der Waals surface area contributed by atoms with Gasteiger partial charge in [-0.3, -0.25) is 0 Å². The molecule has 0 saturated heterocycles. The van der Waals surface area contributed by atoms with Gasteiger partial charge in [-0.05, 0) is 18.8 Å². The normalized spacial score (nSPS) is 27.2. The lowest BCUT2D eigenvalue weighted by Crippen LogP contribution is -2.41. The van der Waals surface area contributed by atoms with Crippen molar-refractivity contribution in [2.24, 2.45) is 5.92 Å². The van der Waals surface area contributed by atoms with Crippen molar-refractivity contribution in [3.05, 3.63) is 0 Å². The molecule has 0 aliphatic heterocycles. The molecule has 2 atom stereocenters. The second-order valence-electron chi connectivity index (χ2n) is 4.91. The highest BCUT2D eigenvalue weighted by Crippen LogP contribution is 2.23. The predicted octanol–water partition coefficient (Wildman–Crippen LogP) is 1.05. The van der Waals surface area contributed by atoms with Crippen molar-refractivity contribution in [1.82, 2.24) is 9.62 Å². The third-order valence-electron chi connectivity index (χ3n) is 3.51. The molecule has 0 aromatic rings. The molecule has 1 aliphatic rings. The standard InChI is InChI=1S/C11H24N2O2S/c1-10-6-4-5-7-11(10)12-8-9-13(2)16(3,14)15/h10-12H,4-9H2,1-3H3/t10-,11-/m1/s1. The molecule has 4 nitrogen and oxygen atoms in total. The maximum Gasteiger partial charge on any atom is 0.210 e. The van der Waals surface area contributed by atoms with Crippen molar-refractivity contribution < 1.29 is 8.42 Å². The molecule has 0 amide bonds. The van der Waals surface area contributed by atoms with Crippen LogP contribution in [0.5, 0.6) is 0 Å². The highest BCUT2D eigenvalue weighted by atomic mass is 32.2. The number of hydrogen-bond donors (Lipinski definition) is 1. The summed E-state index contributed by atoms with van der Waals surface area (Å²) in [7, 11) is -1.40. The van der Waals surface area contributed by atoms with Gasteiger partial charge >= 0.3 is 0 Å². The van der Waals surface area contributed by atoms with E-state index in [0.717, 1.165) is 12.5 Å². The quantitative estimate of drug-likeness (QED) is 0.791. The second kappa shape index (κ2) is 5.98. The fraction of sp³-hybridized carbons (Fsp3) is 1.00. The SMILES string of the molecule is C[C@@H]1CCCC[C@H]1NCCN(C)S(C)(=O)=O. The summed E-state index contributed by atoms with van der Waals surface area (Å²) in [4.78, 5) is 0. The molecule has 0 radical (unpaired) electrons. The summed E-state index contributed by atoms with van der Waals surface area (Å²) in [6.45, 7) is 3.58. The first-order valence-electron chi connectivity index (χ1n) is 6.06. The summed E-state index contributed by atoms with van der Waals surface area (Å²) >= 11 is 0. The van der Waals surface area contributed by atoms with E-state index in [9.17, 15) is 8.42 Å². The van der Waals surface area contributed by atoms with Gasteiger partial charge in [0.25, 0.3) is 0 Å². The third kappa shape index (κ3) is 4.39. The molecule has 1 saturated carbocycles. The van der Waals surface area contributed by atoms with E-state index >= 15 is 0 Å². The molecule has 1 fully saturated rings. The monoisotopic (exact) mass is 248 g/mol. The Kier molecular flexibility index (Phi) is 5.21. The Morgan fingerprint density at radius 1 is 1.31 bits per heavy atom. The molecular formula is C11H24N2O2S. The van der Waals surface area contributed by atoms with Gasteiger partial charge < -0.3 is 5.32 Å². The summed E-state index contributed by atoms with van der Waals surface area (Å²) in [6, 6.07) is 0.571. The molecule has 0 aromatic heterocycles. The maximum absolute atomic E-state index is 11.2. The fourth-order valence-electron chi connectivity index (χ4n) is 2.19. The number of likely N-dealkylation sites (N-methyl/N-ethyl adjacent to an activating group) is 1. The van der Waals surface area contributed by atoms with Gasteiger partial charge in [-0.25, -0.2) is 12.7 Å². The van der Waals surface area contributed by atoms with Crippen LogP contribution in [0.25, 0.3) is 0 Å². The van der Waals surface area contributed by atoms with Gasteiger partial charge in [0.15, 0.2) is 0 Å². The van der Waals surface area contributed by atoms with Gasteiger partial charge in [0.1, 0.15) is 0 Å². The van der Waals surface area contributed by atoms with E-state index in [-0.39, 0.29) is 0 Å². The topological polar surface area (TPSA) is 49.4 Å². The highest BCUT2D eigenvalue weighted by molar-refractivity contribution is 7.88. The summed E-state index contributed by atoms with van der Waals surface area (Å²) in [5.41, 5.74) is 0. The second-order valence-corrected chi connectivity index (χ2v) is 7.00. The van der Waals surface area contributed by atoms with Crippen LogP contribution in [-0.2, 0) is 10.0 Å². The molecule has 0 heterocycles. The minimum atomic E-state index is -3.03. The van der Waals surface area contributed by atoms with E-state index in [0.29, 0.717) is 12.6 Å². The van der Waals surface area contributed by atoms with Crippen LogP contribution in [0, 0.1) is 5.92 Å². The van der Waals surface area contributed by atoms with E-state index in [1.54, 1.807) is 7.05 Å². The van der Waals surface area contributed by atoms with Crippen LogP contribution in [0.15, 0.2) is 0 Å². The molecule has 1 rings (SSSR count). The molecule has 0 unspecified atom stereocenters. The predicted molar refractivity (Wildman–Crippen MR) is 66.9 cm³/mol. The molecule has 1 N–H and O–H groups in total. The molecule has 0 bridgehead atoms. The van der Waals surface area contributed by atoms with Crippen molar-refractivity contribution in [3.8, 4) is 0 Å². The number of rotatable bonds is 5. The Labute approximate surface area is 99.5 Å². The van der Waals surface area contributed by atoms with Crippen molar-refractivity contribution >= 4 is 10.0 Å². The van der Waals surface area contributed by atoms with Gasteiger partial charge in [0.05, 0.1) is 6.26 Å². The fourth-order valence-corrected chi connectivity index (χ4v) is 2.62. The summed E-state index contributed by atoms with van der Waals surface area (Å²) in [5, 5.41) is 3.47. The molecule has 0 aromatic carbocycles. The van der Waals surface area contributed by atoms with Crippen LogP contribution >= 0.6 is 0 Å². The number of sulfonamides is 1.